The van der Waals surface area contributed by atoms with E-state index in [4.69, 9.17) is 0 Å². The minimum Gasteiger partial charge on any atom is -0.325 e. The van der Waals surface area contributed by atoms with Gasteiger partial charge in [-0.05, 0) is 36.5 Å². The predicted octanol–water partition coefficient (Wildman–Crippen LogP) is 2.45. The Morgan fingerprint density at radius 2 is 1.73 bits per heavy atom. The van der Waals surface area contributed by atoms with Gasteiger partial charge in [0, 0.05) is 5.69 Å². The van der Waals surface area contributed by atoms with E-state index in [1.165, 1.54) is 12.1 Å². The lowest BCUT2D eigenvalue weighted by molar-refractivity contribution is -0.143. The zero-order chi connectivity index (χ0) is 18.6. The standard InChI is InChI=1S/C18H15F3N2O3/c19-18(20,21)11-2-1-3-12(7-11)22-13(24)8-23-16(25)14-9-4-5-10(6-9)15(14)17(23)26/h1-5,7,9-10,14-15H,6,8H2,(H,22,24)/t9-,10-,14-,15+/m0/s1. The zero-order valence-corrected chi connectivity index (χ0v) is 13.5. The third-order valence-corrected chi connectivity index (χ3v) is 5.34. The van der Waals surface area contributed by atoms with Crippen LogP contribution in [0.5, 0.6) is 0 Å². The lowest BCUT2D eigenvalue weighted by Gasteiger charge is -2.17. The molecule has 1 aromatic carbocycles. The summed E-state index contributed by atoms with van der Waals surface area (Å²) in [5.41, 5.74) is -0.924. The summed E-state index contributed by atoms with van der Waals surface area (Å²) in [6.07, 6.45) is 0.162. The zero-order valence-electron chi connectivity index (χ0n) is 13.5. The molecule has 1 N–H and O–H groups in total. The predicted molar refractivity (Wildman–Crippen MR) is 84.5 cm³/mol. The van der Waals surface area contributed by atoms with Crippen molar-refractivity contribution >= 4 is 23.4 Å². The highest BCUT2D eigenvalue weighted by molar-refractivity contribution is 6.09. The lowest BCUT2D eigenvalue weighted by atomic mass is 9.85. The maximum absolute atomic E-state index is 12.7. The number of carbonyl (C=O) groups excluding carboxylic acids is 3. The summed E-state index contributed by atoms with van der Waals surface area (Å²) in [5.74, 6) is -2.16. The van der Waals surface area contributed by atoms with Crippen molar-refractivity contribution in [3.8, 4) is 0 Å². The average Bonchev–Trinajstić information content (AvgIpc) is 3.24. The fourth-order valence-corrected chi connectivity index (χ4v) is 4.24. The van der Waals surface area contributed by atoms with Gasteiger partial charge in [-0.25, -0.2) is 0 Å². The van der Waals surface area contributed by atoms with Gasteiger partial charge in [0.05, 0.1) is 17.4 Å². The summed E-state index contributed by atoms with van der Waals surface area (Å²) in [7, 11) is 0. The number of fused-ring (bicyclic) bond motifs is 5. The smallest absolute Gasteiger partial charge is 0.325 e. The highest BCUT2D eigenvalue weighted by atomic mass is 19.4. The number of alkyl halides is 3. The quantitative estimate of drug-likeness (QED) is 0.662. The van der Waals surface area contributed by atoms with Gasteiger partial charge in [0.15, 0.2) is 0 Å². The highest BCUT2D eigenvalue weighted by Gasteiger charge is 2.59. The summed E-state index contributed by atoms with van der Waals surface area (Å²) in [4.78, 5) is 38.1. The molecule has 2 fully saturated rings. The minimum absolute atomic E-state index is 0.0362. The van der Waals surface area contributed by atoms with E-state index in [9.17, 15) is 27.6 Å². The van der Waals surface area contributed by atoms with Crippen molar-refractivity contribution in [1.82, 2.24) is 4.90 Å². The molecular formula is C18H15F3N2O3. The summed E-state index contributed by atoms with van der Waals surface area (Å²) in [6.45, 7) is -0.486. The van der Waals surface area contributed by atoms with Crippen LogP contribution in [0.25, 0.3) is 0 Å². The summed E-state index contributed by atoms with van der Waals surface area (Å²) < 4.78 is 38.2. The number of hydrogen-bond acceptors (Lipinski definition) is 3. The van der Waals surface area contributed by atoms with E-state index in [2.05, 4.69) is 5.32 Å². The average molecular weight is 364 g/mol. The van der Waals surface area contributed by atoms with Crippen molar-refractivity contribution < 1.29 is 27.6 Å². The molecule has 4 atom stereocenters. The Bertz CT molecular complexity index is 803. The Hall–Kier alpha value is -2.64. The Balaban J connectivity index is 1.45. The second-order valence-electron chi connectivity index (χ2n) is 6.89. The molecule has 0 radical (unpaired) electrons. The van der Waals surface area contributed by atoms with Gasteiger partial charge < -0.3 is 5.32 Å². The molecule has 2 bridgehead atoms. The van der Waals surface area contributed by atoms with Gasteiger partial charge in [0.25, 0.3) is 0 Å². The molecular weight excluding hydrogens is 349 g/mol. The van der Waals surface area contributed by atoms with E-state index >= 15 is 0 Å². The van der Waals surface area contributed by atoms with E-state index < -0.39 is 36.0 Å². The fourth-order valence-electron chi connectivity index (χ4n) is 4.24. The number of carbonyl (C=O) groups is 3. The van der Waals surface area contributed by atoms with Gasteiger partial charge in [-0.1, -0.05) is 18.2 Å². The molecule has 1 saturated heterocycles. The number of likely N-dealkylation sites (tertiary alicyclic amines) is 1. The van der Waals surface area contributed by atoms with Crippen LogP contribution in [0.3, 0.4) is 0 Å². The molecule has 1 aromatic rings. The van der Waals surface area contributed by atoms with Gasteiger partial charge in [-0.3, -0.25) is 19.3 Å². The molecule has 5 nitrogen and oxygen atoms in total. The third-order valence-electron chi connectivity index (χ3n) is 5.34. The maximum atomic E-state index is 12.7. The Morgan fingerprint density at radius 1 is 1.12 bits per heavy atom. The number of benzene rings is 1. The van der Waals surface area contributed by atoms with Crippen LogP contribution >= 0.6 is 0 Å². The number of nitrogens with zero attached hydrogens (tertiary/aromatic N) is 1. The number of allylic oxidation sites excluding steroid dienone is 2. The molecule has 8 heteroatoms. The van der Waals surface area contributed by atoms with Gasteiger partial charge in [0.1, 0.15) is 6.54 Å². The van der Waals surface area contributed by atoms with E-state index in [1.54, 1.807) is 0 Å². The van der Waals surface area contributed by atoms with Gasteiger partial charge in [-0.15, -0.1) is 0 Å². The van der Waals surface area contributed by atoms with Crippen molar-refractivity contribution in [3.05, 3.63) is 42.0 Å². The lowest BCUT2D eigenvalue weighted by Crippen LogP contribution is -2.39. The van der Waals surface area contributed by atoms with Crippen molar-refractivity contribution in [2.45, 2.75) is 12.6 Å². The summed E-state index contributed by atoms with van der Waals surface area (Å²) in [5, 5.41) is 2.33. The molecule has 26 heavy (non-hydrogen) atoms. The van der Waals surface area contributed by atoms with Crippen molar-refractivity contribution in [3.63, 3.8) is 0 Å². The number of imide groups is 1. The van der Waals surface area contributed by atoms with Crippen LogP contribution < -0.4 is 5.32 Å². The molecule has 136 valence electrons. The number of nitrogens with one attached hydrogen (secondary N) is 1. The molecule has 2 aliphatic carbocycles. The minimum atomic E-state index is -4.52. The number of rotatable bonds is 3. The first kappa shape index (κ1) is 16.8. The SMILES string of the molecule is O=C(CN1C(=O)[C@@H]2[C@H](C1=O)[C@H]1C=C[C@H]2C1)Nc1cccc(C(F)(F)F)c1. The largest absolute Gasteiger partial charge is 0.416 e. The van der Waals surface area contributed by atoms with Crippen molar-refractivity contribution in [2.75, 3.05) is 11.9 Å². The molecule has 0 unspecified atom stereocenters. The molecule has 1 saturated carbocycles. The second kappa shape index (κ2) is 5.69. The fraction of sp³-hybridized carbons (Fsp3) is 0.389. The Labute approximate surface area is 146 Å². The monoisotopic (exact) mass is 364 g/mol. The first-order chi connectivity index (χ1) is 12.3. The van der Waals surface area contributed by atoms with Crippen LogP contribution in [0.1, 0.15) is 12.0 Å². The van der Waals surface area contributed by atoms with E-state index in [0.717, 1.165) is 23.5 Å². The van der Waals surface area contributed by atoms with Gasteiger partial charge in [0.2, 0.25) is 17.7 Å². The van der Waals surface area contributed by atoms with Crippen molar-refractivity contribution in [1.29, 1.82) is 0 Å². The molecule has 4 rings (SSSR count). The molecule has 1 heterocycles. The molecule has 0 aromatic heterocycles. The van der Waals surface area contributed by atoms with E-state index in [1.807, 2.05) is 12.2 Å². The number of hydrogen-bond donors (Lipinski definition) is 1. The first-order valence-corrected chi connectivity index (χ1v) is 8.26. The van der Waals surface area contributed by atoms with Crippen LogP contribution in [0.15, 0.2) is 36.4 Å². The maximum Gasteiger partial charge on any atom is 0.416 e. The Morgan fingerprint density at radius 3 is 2.31 bits per heavy atom. The summed E-state index contributed by atoms with van der Waals surface area (Å²) in [6, 6.07) is 4.20. The number of halogens is 3. The van der Waals surface area contributed by atoms with Crippen molar-refractivity contribution in [2.24, 2.45) is 23.7 Å². The van der Waals surface area contributed by atoms with Crippen LogP contribution in [-0.4, -0.2) is 29.2 Å². The van der Waals surface area contributed by atoms with Gasteiger partial charge >= 0.3 is 6.18 Å². The Kier molecular flexibility index (Phi) is 3.68. The normalized spacial score (nSPS) is 29.4. The second-order valence-corrected chi connectivity index (χ2v) is 6.89. The van der Waals surface area contributed by atoms with Crippen LogP contribution in [0.4, 0.5) is 18.9 Å². The number of amides is 3. The van der Waals surface area contributed by atoms with E-state index in [0.29, 0.717) is 0 Å². The van der Waals surface area contributed by atoms with Crippen LogP contribution in [-0.2, 0) is 20.6 Å². The summed E-state index contributed by atoms with van der Waals surface area (Å²) >= 11 is 0. The molecule has 0 spiro atoms. The number of anilines is 1. The molecule has 3 amide bonds. The van der Waals surface area contributed by atoms with Crippen LogP contribution in [0, 0.1) is 23.7 Å². The molecule has 1 aliphatic heterocycles. The first-order valence-electron chi connectivity index (χ1n) is 8.26. The topological polar surface area (TPSA) is 66.5 Å². The molecule has 3 aliphatic rings. The highest BCUT2D eigenvalue weighted by Crippen LogP contribution is 2.52. The van der Waals surface area contributed by atoms with Gasteiger partial charge in [-0.2, -0.15) is 13.2 Å². The third kappa shape index (κ3) is 2.60. The van der Waals surface area contributed by atoms with Crippen LogP contribution in [0.2, 0.25) is 0 Å². The van der Waals surface area contributed by atoms with E-state index in [-0.39, 0.29) is 29.3 Å².